The van der Waals surface area contributed by atoms with Crippen LogP contribution in [0.2, 0.25) is 5.02 Å². The molecule has 0 fully saturated rings. The SMILES string of the molecule is Nc1cc(CO)c(Cl)cc1C(F)(F)F. The monoisotopic (exact) mass is 225 g/mol. The highest BCUT2D eigenvalue weighted by molar-refractivity contribution is 6.31. The summed E-state index contributed by atoms with van der Waals surface area (Å²) in [5.41, 5.74) is 3.91. The Hall–Kier alpha value is -0.940. The molecule has 1 aromatic carbocycles. The molecule has 78 valence electrons. The van der Waals surface area contributed by atoms with Gasteiger partial charge in [-0.15, -0.1) is 0 Å². The molecule has 1 aromatic rings. The van der Waals surface area contributed by atoms with E-state index in [4.69, 9.17) is 22.4 Å². The van der Waals surface area contributed by atoms with E-state index >= 15 is 0 Å². The smallest absolute Gasteiger partial charge is 0.398 e. The predicted molar refractivity (Wildman–Crippen MR) is 46.8 cm³/mol. The Morgan fingerprint density at radius 1 is 1.36 bits per heavy atom. The summed E-state index contributed by atoms with van der Waals surface area (Å²) in [6.07, 6.45) is -4.53. The number of aliphatic hydroxyl groups is 1. The van der Waals surface area contributed by atoms with Gasteiger partial charge in [-0.25, -0.2) is 0 Å². The summed E-state index contributed by atoms with van der Waals surface area (Å²) in [6.45, 7) is -0.443. The van der Waals surface area contributed by atoms with E-state index in [1.807, 2.05) is 0 Å². The first-order chi connectivity index (χ1) is 6.36. The van der Waals surface area contributed by atoms with Crippen LogP contribution in [0.3, 0.4) is 0 Å². The molecule has 0 spiro atoms. The second kappa shape index (κ2) is 3.67. The third-order valence-corrected chi connectivity index (χ3v) is 2.05. The molecule has 0 radical (unpaired) electrons. The van der Waals surface area contributed by atoms with Crippen molar-refractivity contribution >= 4 is 17.3 Å². The molecule has 3 N–H and O–H groups in total. The first kappa shape index (κ1) is 11.1. The van der Waals surface area contributed by atoms with Crippen LogP contribution in [-0.4, -0.2) is 5.11 Å². The number of hydrogen-bond donors (Lipinski definition) is 2. The van der Waals surface area contributed by atoms with Gasteiger partial charge in [0, 0.05) is 10.7 Å². The summed E-state index contributed by atoms with van der Waals surface area (Å²) in [7, 11) is 0. The molecule has 6 heteroatoms. The van der Waals surface area contributed by atoms with Gasteiger partial charge < -0.3 is 10.8 Å². The largest absolute Gasteiger partial charge is 0.418 e. The molecular formula is C8H7ClF3NO. The van der Waals surface area contributed by atoms with Gasteiger partial charge in [0.1, 0.15) is 0 Å². The van der Waals surface area contributed by atoms with Crippen molar-refractivity contribution in [2.45, 2.75) is 12.8 Å². The maximum absolute atomic E-state index is 12.3. The normalized spacial score (nSPS) is 11.8. The molecule has 14 heavy (non-hydrogen) atoms. The third kappa shape index (κ3) is 2.10. The lowest BCUT2D eigenvalue weighted by atomic mass is 10.1. The van der Waals surface area contributed by atoms with E-state index in [1.165, 1.54) is 0 Å². The minimum Gasteiger partial charge on any atom is -0.398 e. The lowest BCUT2D eigenvalue weighted by molar-refractivity contribution is -0.136. The highest BCUT2D eigenvalue weighted by Gasteiger charge is 2.33. The van der Waals surface area contributed by atoms with Crippen LogP contribution in [0.25, 0.3) is 0 Å². The highest BCUT2D eigenvalue weighted by atomic mass is 35.5. The van der Waals surface area contributed by atoms with Crippen molar-refractivity contribution in [3.63, 3.8) is 0 Å². The maximum Gasteiger partial charge on any atom is 0.418 e. The minimum atomic E-state index is -4.53. The fourth-order valence-electron chi connectivity index (χ4n) is 1.00. The molecule has 0 aliphatic rings. The maximum atomic E-state index is 12.3. The van der Waals surface area contributed by atoms with Crippen LogP contribution in [0.5, 0.6) is 0 Å². The van der Waals surface area contributed by atoms with Crippen LogP contribution in [0.1, 0.15) is 11.1 Å². The van der Waals surface area contributed by atoms with Crippen molar-refractivity contribution in [1.82, 2.24) is 0 Å². The first-order valence-electron chi connectivity index (χ1n) is 3.62. The zero-order valence-electron chi connectivity index (χ0n) is 6.90. The van der Waals surface area contributed by atoms with Gasteiger partial charge in [-0.05, 0) is 17.7 Å². The molecule has 0 saturated carbocycles. The number of benzene rings is 1. The van der Waals surface area contributed by atoms with Gasteiger partial charge in [0.05, 0.1) is 12.2 Å². The Morgan fingerprint density at radius 2 is 1.93 bits per heavy atom. The van der Waals surface area contributed by atoms with Crippen LogP contribution >= 0.6 is 11.6 Å². The Labute approximate surface area is 83.1 Å². The highest BCUT2D eigenvalue weighted by Crippen LogP contribution is 2.36. The summed E-state index contributed by atoms with van der Waals surface area (Å²) in [6, 6.07) is 1.73. The van der Waals surface area contributed by atoms with Gasteiger partial charge in [-0.3, -0.25) is 0 Å². The number of nitrogens with two attached hydrogens (primary N) is 1. The zero-order valence-corrected chi connectivity index (χ0v) is 7.65. The molecule has 0 aliphatic carbocycles. The molecule has 0 unspecified atom stereocenters. The summed E-state index contributed by atoms with van der Waals surface area (Å²) in [5.74, 6) is 0. The van der Waals surface area contributed by atoms with Gasteiger partial charge in [0.2, 0.25) is 0 Å². The van der Waals surface area contributed by atoms with Crippen molar-refractivity contribution in [2.75, 3.05) is 5.73 Å². The van der Waals surface area contributed by atoms with E-state index in [2.05, 4.69) is 0 Å². The van der Waals surface area contributed by atoms with Gasteiger partial charge in [0.15, 0.2) is 0 Å². The van der Waals surface area contributed by atoms with Gasteiger partial charge in [-0.1, -0.05) is 11.6 Å². The number of anilines is 1. The topological polar surface area (TPSA) is 46.2 Å². The van der Waals surface area contributed by atoms with Crippen LogP contribution < -0.4 is 5.73 Å². The van der Waals surface area contributed by atoms with E-state index in [0.29, 0.717) is 6.07 Å². The van der Waals surface area contributed by atoms with Crippen molar-refractivity contribution < 1.29 is 18.3 Å². The quantitative estimate of drug-likeness (QED) is 0.721. The summed E-state index contributed by atoms with van der Waals surface area (Å²) < 4.78 is 36.8. The number of hydrogen-bond acceptors (Lipinski definition) is 2. The minimum absolute atomic E-state index is 0.144. The Balaban J connectivity index is 3.29. The van der Waals surface area contributed by atoms with E-state index in [9.17, 15) is 13.2 Å². The fourth-order valence-corrected chi connectivity index (χ4v) is 1.23. The first-order valence-corrected chi connectivity index (χ1v) is 4.00. The standard InChI is InChI=1S/C8H7ClF3NO/c9-6-2-5(8(10,11)12)7(13)1-4(6)3-14/h1-2,14H,3,13H2. The second-order valence-electron chi connectivity index (χ2n) is 2.69. The van der Waals surface area contributed by atoms with Crippen molar-refractivity contribution in [1.29, 1.82) is 0 Å². The summed E-state index contributed by atoms with van der Waals surface area (Å²) in [5, 5.41) is 8.57. The van der Waals surface area contributed by atoms with Gasteiger partial charge in [-0.2, -0.15) is 13.2 Å². The molecule has 0 bridgehead atoms. The van der Waals surface area contributed by atoms with Crippen LogP contribution in [0.4, 0.5) is 18.9 Å². The van der Waals surface area contributed by atoms with Crippen LogP contribution in [0, 0.1) is 0 Å². The predicted octanol–water partition coefficient (Wildman–Crippen LogP) is 2.43. The molecule has 0 aliphatic heterocycles. The van der Waals surface area contributed by atoms with Crippen LogP contribution in [-0.2, 0) is 12.8 Å². The van der Waals surface area contributed by atoms with E-state index < -0.39 is 24.0 Å². The van der Waals surface area contributed by atoms with Gasteiger partial charge in [0.25, 0.3) is 0 Å². The fraction of sp³-hybridized carbons (Fsp3) is 0.250. The number of alkyl halides is 3. The molecule has 0 aromatic heterocycles. The van der Waals surface area contributed by atoms with Crippen molar-refractivity contribution in [3.05, 3.63) is 28.3 Å². The summed E-state index contributed by atoms with van der Waals surface area (Å²) >= 11 is 5.49. The molecule has 0 amide bonds. The van der Waals surface area contributed by atoms with Crippen LogP contribution in [0.15, 0.2) is 12.1 Å². The van der Waals surface area contributed by atoms with E-state index in [-0.39, 0.29) is 10.6 Å². The average molecular weight is 226 g/mol. The summed E-state index contributed by atoms with van der Waals surface area (Å²) in [4.78, 5) is 0. The molecule has 1 rings (SSSR count). The molecular weight excluding hydrogens is 219 g/mol. The molecule has 2 nitrogen and oxygen atoms in total. The van der Waals surface area contributed by atoms with Gasteiger partial charge >= 0.3 is 6.18 Å². The van der Waals surface area contributed by atoms with E-state index in [0.717, 1.165) is 6.07 Å². The molecule has 0 saturated heterocycles. The molecule has 0 heterocycles. The third-order valence-electron chi connectivity index (χ3n) is 1.69. The number of halogens is 4. The number of rotatable bonds is 1. The van der Waals surface area contributed by atoms with Crippen molar-refractivity contribution in [2.24, 2.45) is 0 Å². The Kier molecular flexibility index (Phi) is 2.92. The zero-order chi connectivity index (χ0) is 10.9. The Bertz CT molecular complexity index is 351. The molecule has 0 atom stereocenters. The lowest BCUT2D eigenvalue weighted by Crippen LogP contribution is -2.09. The van der Waals surface area contributed by atoms with Crippen molar-refractivity contribution in [3.8, 4) is 0 Å². The second-order valence-corrected chi connectivity index (χ2v) is 3.09. The lowest BCUT2D eigenvalue weighted by Gasteiger charge is -2.11. The number of nitrogen functional groups attached to an aromatic ring is 1. The average Bonchev–Trinajstić information content (AvgIpc) is 2.06. The number of aliphatic hydroxyl groups excluding tert-OH is 1. The van der Waals surface area contributed by atoms with E-state index in [1.54, 1.807) is 0 Å². The Morgan fingerprint density at radius 3 is 2.36 bits per heavy atom.